The molecule has 1 heterocycles. The quantitative estimate of drug-likeness (QED) is 0.712. The second-order valence-electron chi connectivity index (χ2n) is 4.12. The SMILES string of the molecule is CCOC(=O)c1nnn(CCF)c1CC(C)C. The molecule has 0 aliphatic rings. The highest BCUT2D eigenvalue weighted by molar-refractivity contribution is 5.88. The van der Waals surface area contributed by atoms with E-state index in [1.165, 1.54) is 4.68 Å². The number of ether oxygens (including phenoxy) is 1. The van der Waals surface area contributed by atoms with Gasteiger partial charge in [0.2, 0.25) is 0 Å². The number of hydrogen-bond acceptors (Lipinski definition) is 4. The smallest absolute Gasteiger partial charge is 0.360 e. The molecule has 6 heteroatoms. The molecular weight excluding hydrogens is 225 g/mol. The summed E-state index contributed by atoms with van der Waals surface area (Å²) < 4.78 is 18.7. The first-order chi connectivity index (χ1) is 8.10. The summed E-state index contributed by atoms with van der Waals surface area (Å²) in [5.74, 6) is -0.159. The van der Waals surface area contributed by atoms with Crippen molar-refractivity contribution in [1.29, 1.82) is 0 Å². The predicted molar refractivity (Wildman–Crippen MR) is 60.5 cm³/mol. The zero-order valence-corrected chi connectivity index (χ0v) is 10.4. The lowest BCUT2D eigenvalue weighted by Gasteiger charge is -2.08. The Kier molecular flexibility index (Phi) is 5.06. The highest BCUT2D eigenvalue weighted by Gasteiger charge is 2.21. The molecular formula is C11H18FN3O2. The third-order valence-electron chi connectivity index (χ3n) is 2.20. The third kappa shape index (κ3) is 3.51. The number of nitrogens with zero attached hydrogens (tertiary/aromatic N) is 3. The average molecular weight is 243 g/mol. The van der Waals surface area contributed by atoms with Gasteiger partial charge in [0.25, 0.3) is 0 Å². The van der Waals surface area contributed by atoms with E-state index in [-0.39, 0.29) is 18.8 Å². The number of aryl methyl sites for hydroxylation is 1. The van der Waals surface area contributed by atoms with E-state index in [0.717, 1.165) is 0 Å². The molecule has 5 nitrogen and oxygen atoms in total. The summed E-state index contributed by atoms with van der Waals surface area (Å²) in [7, 11) is 0. The topological polar surface area (TPSA) is 57.0 Å². The Morgan fingerprint density at radius 3 is 2.76 bits per heavy atom. The zero-order valence-electron chi connectivity index (χ0n) is 10.4. The Balaban J connectivity index is 2.99. The number of halogens is 1. The van der Waals surface area contributed by atoms with Gasteiger partial charge in [0, 0.05) is 0 Å². The lowest BCUT2D eigenvalue weighted by atomic mass is 10.1. The summed E-state index contributed by atoms with van der Waals surface area (Å²) >= 11 is 0. The summed E-state index contributed by atoms with van der Waals surface area (Å²) in [6.07, 6.45) is 0.626. The summed E-state index contributed by atoms with van der Waals surface area (Å²) in [6, 6.07) is 0. The number of aromatic nitrogens is 3. The fourth-order valence-electron chi connectivity index (χ4n) is 1.54. The minimum atomic E-state index is -0.531. The summed E-state index contributed by atoms with van der Waals surface area (Å²) in [4.78, 5) is 11.6. The van der Waals surface area contributed by atoms with Crippen molar-refractivity contribution in [2.24, 2.45) is 5.92 Å². The van der Waals surface area contributed by atoms with Crippen molar-refractivity contribution in [3.8, 4) is 0 Å². The molecule has 0 N–H and O–H groups in total. The maximum Gasteiger partial charge on any atom is 0.360 e. The Morgan fingerprint density at radius 2 is 2.24 bits per heavy atom. The van der Waals surface area contributed by atoms with Crippen LogP contribution in [0.3, 0.4) is 0 Å². The van der Waals surface area contributed by atoms with E-state index in [0.29, 0.717) is 18.0 Å². The van der Waals surface area contributed by atoms with E-state index < -0.39 is 12.6 Å². The molecule has 0 saturated heterocycles. The highest BCUT2D eigenvalue weighted by Crippen LogP contribution is 2.13. The second kappa shape index (κ2) is 6.32. The van der Waals surface area contributed by atoms with E-state index in [1.807, 2.05) is 13.8 Å². The largest absolute Gasteiger partial charge is 0.461 e. The van der Waals surface area contributed by atoms with Gasteiger partial charge < -0.3 is 4.74 Å². The van der Waals surface area contributed by atoms with Crippen LogP contribution in [0, 0.1) is 5.92 Å². The van der Waals surface area contributed by atoms with Crippen molar-refractivity contribution in [2.75, 3.05) is 13.3 Å². The molecule has 17 heavy (non-hydrogen) atoms. The Hall–Kier alpha value is -1.46. The van der Waals surface area contributed by atoms with E-state index in [2.05, 4.69) is 10.3 Å². The van der Waals surface area contributed by atoms with E-state index in [4.69, 9.17) is 4.74 Å². The number of esters is 1. The number of hydrogen-bond donors (Lipinski definition) is 0. The molecule has 0 bridgehead atoms. The van der Waals surface area contributed by atoms with Gasteiger partial charge in [-0.3, -0.25) is 0 Å². The number of alkyl halides is 1. The molecule has 0 aliphatic carbocycles. The normalized spacial score (nSPS) is 10.9. The zero-order chi connectivity index (χ0) is 12.8. The molecule has 96 valence electrons. The molecule has 0 saturated carbocycles. The first-order valence-corrected chi connectivity index (χ1v) is 5.75. The van der Waals surface area contributed by atoms with Crippen LogP contribution < -0.4 is 0 Å². The van der Waals surface area contributed by atoms with Crippen LogP contribution in [0.15, 0.2) is 0 Å². The molecule has 0 amide bonds. The van der Waals surface area contributed by atoms with Crippen LogP contribution in [0.5, 0.6) is 0 Å². The van der Waals surface area contributed by atoms with Gasteiger partial charge >= 0.3 is 5.97 Å². The van der Waals surface area contributed by atoms with Gasteiger partial charge in [0.05, 0.1) is 18.8 Å². The van der Waals surface area contributed by atoms with Crippen LogP contribution in [-0.2, 0) is 17.7 Å². The first-order valence-electron chi connectivity index (χ1n) is 5.75. The minimum Gasteiger partial charge on any atom is -0.461 e. The maximum atomic E-state index is 12.3. The second-order valence-corrected chi connectivity index (χ2v) is 4.12. The molecule has 1 rings (SSSR count). The average Bonchev–Trinajstić information content (AvgIpc) is 2.62. The van der Waals surface area contributed by atoms with Crippen LogP contribution >= 0.6 is 0 Å². The predicted octanol–water partition coefficient (Wildman–Crippen LogP) is 1.62. The number of rotatable bonds is 6. The van der Waals surface area contributed by atoms with Gasteiger partial charge in [-0.25, -0.2) is 13.9 Å². The molecule has 1 aromatic rings. The molecule has 0 fully saturated rings. The molecule has 0 radical (unpaired) electrons. The van der Waals surface area contributed by atoms with Crippen LogP contribution in [0.4, 0.5) is 4.39 Å². The summed E-state index contributed by atoms with van der Waals surface area (Å²) in [5.41, 5.74) is 0.852. The van der Waals surface area contributed by atoms with E-state index >= 15 is 0 Å². The van der Waals surface area contributed by atoms with Crippen molar-refractivity contribution >= 4 is 5.97 Å². The van der Waals surface area contributed by atoms with Crippen molar-refractivity contribution in [3.05, 3.63) is 11.4 Å². The number of carbonyl (C=O) groups is 1. The van der Waals surface area contributed by atoms with Gasteiger partial charge in [0.15, 0.2) is 5.69 Å². The molecule has 0 aliphatic heterocycles. The van der Waals surface area contributed by atoms with Crippen LogP contribution in [0.2, 0.25) is 0 Å². The Labute approximate surface area is 100.0 Å². The van der Waals surface area contributed by atoms with Gasteiger partial charge in [-0.2, -0.15) is 0 Å². The molecule has 0 aromatic carbocycles. The molecule has 0 unspecified atom stereocenters. The molecule has 1 aromatic heterocycles. The van der Waals surface area contributed by atoms with Crippen molar-refractivity contribution in [1.82, 2.24) is 15.0 Å². The lowest BCUT2D eigenvalue weighted by molar-refractivity contribution is 0.0517. The summed E-state index contributed by atoms with van der Waals surface area (Å²) in [5, 5.41) is 7.57. The number of carbonyl (C=O) groups excluding carboxylic acids is 1. The van der Waals surface area contributed by atoms with Gasteiger partial charge in [-0.1, -0.05) is 19.1 Å². The fourth-order valence-corrected chi connectivity index (χ4v) is 1.54. The van der Waals surface area contributed by atoms with Crippen LogP contribution in [0.25, 0.3) is 0 Å². The minimum absolute atomic E-state index is 0.120. The first kappa shape index (κ1) is 13.6. The van der Waals surface area contributed by atoms with Gasteiger partial charge in [0.1, 0.15) is 6.67 Å². The molecule has 0 spiro atoms. The standard InChI is InChI=1S/C11H18FN3O2/c1-4-17-11(16)10-9(7-8(2)3)15(6-5-12)14-13-10/h8H,4-7H2,1-3H3. The maximum absolute atomic E-state index is 12.3. The van der Waals surface area contributed by atoms with Crippen molar-refractivity contribution in [2.45, 2.75) is 33.7 Å². The Morgan fingerprint density at radius 1 is 1.53 bits per heavy atom. The Bertz CT molecular complexity index is 377. The molecule has 0 atom stereocenters. The van der Waals surface area contributed by atoms with Gasteiger partial charge in [-0.15, -0.1) is 5.10 Å². The fraction of sp³-hybridized carbons (Fsp3) is 0.727. The van der Waals surface area contributed by atoms with Crippen molar-refractivity contribution in [3.63, 3.8) is 0 Å². The highest BCUT2D eigenvalue weighted by atomic mass is 19.1. The monoisotopic (exact) mass is 243 g/mol. The van der Waals surface area contributed by atoms with E-state index in [9.17, 15) is 9.18 Å². The van der Waals surface area contributed by atoms with Gasteiger partial charge in [-0.05, 0) is 19.3 Å². The summed E-state index contributed by atoms with van der Waals surface area (Å²) in [6.45, 7) is 5.64. The van der Waals surface area contributed by atoms with Crippen LogP contribution in [0.1, 0.15) is 37.0 Å². The van der Waals surface area contributed by atoms with Crippen LogP contribution in [-0.4, -0.2) is 34.2 Å². The van der Waals surface area contributed by atoms with Crippen molar-refractivity contribution < 1.29 is 13.9 Å². The van der Waals surface area contributed by atoms with E-state index in [1.54, 1.807) is 6.92 Å². The third-order valence-corrected chi connectivity index (χ3v) is 2.20. The lowest BCUT2D eigenvalue weighted by Crippen LogP contribution is -2.13.